The predicted octanol–water partition coefficient (Wildman–Crippen LogP) is 4.31. The number of hydrogen-bond donors (Lipinski definition) is 1. The van der Waals surface area contributed by atoms with Crippen LogP contribution in [-0.2, 0) is 20.4 Å². The van der Waals surface area contributed by atoms with E-state index in [4.69, 9.17) is 19.1 Å². The average molecular weight is 613 g/mol. The van der Waals surface area contributed by atoms with E-state index in [1.807, 2.05) is 25.8 Å². The van der Waals surface area contributed by atoms with E-state index in [9.17, 15) is 4.79 Å². The van der Waals surface area contributed by atoms with Crippen LogP contribution >= 0.6 is 27.0 Å². The summed E-state index contributed by atoms with van der Waals surface area (Å²) >= 11 is 0. The molecule has 1 saturated heterocycles. The standard InChI is InChI=1S/C31H40N4O3Si.2H2S/c1-21-28-29(35(6)22(2)30(36)34-28)33-27(32-21)18-23-17-24(37-19-23)20-38-39(31(3,4)5,25-13-9-7-10-14-25)26-15-11-8-12-16-26;;/h7-16,22-24H,17-20H2,1-6H3,(H,34,36);2*1H2/t22-,23+,24-;;/m0../s1. The van der Waals surface area contributed by atoms with E-state index in [2.05, 4.69) is 86.8 Å². The molecule has 0 radical (unpaired) electrons. The highest BCUT2D eigenvalue weighted by atomic mass is 32.1. The number of fused-ring (bicyclic) bond motifs is 1. The Morgan fingerprint density at radius 1 is 1.02 bits per heavy atom. The van der Waals surface area contributed by atoms with Crippen LogP contribution in [0.3, 0.4) is 0 Å². The van der Waals surface area contributed by atoms with Gasteiger partial charge in [0.2, 0.25) is 5.91 Å². The Balaban J connectivity index is 0.00000231. The van der Waals surface area contributed by atoms with E-state index in [0.29, 0.717) is 24.8 Å². The fraction of sp³-hybridized carbons (Fsp3) is 0.452. The number of amides is 1. The number of aryl methyl sites for hydroxylation is 1. The van der Waals surface area contributed by atoms with Crippen LogP contribution in [-0.4, -0.2) is 56.6 Å². The van der Waals surface area contributed by atoms with Crippen molar-refractivity contribution in [3.05, 3.63) is 72.2 Å². The Labute approximate surface area is 259 Å². The third-order valence-electron chi connectivity index (χ3n) is 8.20. The molecule has 0 unspecified atom stereocenters. The van der Waals surface area contributed by atoms with Gasteiger partial charge in [-0.2, -0.15) is 27.0 Å². The Bertz CT molecular complexity index is 1280. The van der Waals surface area contributed by atoms with Crippen LogP contribution in [0, 0.1) is 12.8 Å². The van der Waals surface area contributed by atoms with Crippen molar-refractivity contribution in [2.45, 2.75) is 64.6 Å². The predicted molar refractivity (Wildman–Crippen MR) is 179 cm³/mol. The van der Waals surface area contributed by atoms with Crippen molar-refractivity contribution >= 4 is 63.1 Å². The third-order valence-corrected chi connectivity index (χ3v) is 13.2. The van der Waals surface area contributed by atoms with Crippen molar-refractivity contribution in [1.82, 2.24) is 9.97 Å². The van der Waals surface area contributed by atoms with E-state index in [-0.39, 0.29) is 50.1 Å². The Kier molecular flexibility index (Phi) is 10.7. The van der Waals surface area contributed by atoms with Gasteiger partial charge >= 0.3 is 0 Å². The monoisotopic (exact) mass is 612 g/mol. The van der Waals surface area contributed by atoms with Crippen molar-refractivity contribution in [2.24, 2.45) is 5.92 Å². The Morgan fingerprint density at radius 2 is 1.61 bits per heavy atom. The molecule has 41 heavy (non-hydrogen) atoms. The number of anilines is 2. The van der Waals surface area contributed by atoms with Crippen LogP contribution < -0.4 is 20.6 Å². The Hall–Kier alpha value is -2.37. The zero-order valence-corrected chi connectivity index (χ0v) is 27.9. The number of aromatic nitrogens is 2. The molecule has 0 saturated carbocycles. The zero-order chi connectivity index (χ0) is 27.8. The summed E-state index contributed by atoms with van der Waals surface area (Å²) in [5.74, 6) is 1.87. The lowest BCUT2D eigenvalue weighted by molar-refractivity contribution is -0.117. The quantitative estimate of drug-likeness (QED) is 0.401. The van der Waals surface area contributed by atoms with Crippen molar-refractivity contribution in [3.8, 4) is 0 Å². The van der Waals surface area contributed by atoms with Crippen molar-refractivity contribution in [3.63, 3.8) is 0 Å². The molecule has 2 aliphatic rings. The van der Waals surface area contributed by atoms with Crippen LogP contribution in [0.1, 0.15) is 45.6 Å². The van der Waals surface area contributed by atoms with Gasteiger partial charge in [-0.25, -0.2) is 9.97 Å². The summed E-state index contributed by atoms with van der Waals surface area (Å²) in [4.78, 5) is 23.8. The van der Waals surface area contributed by atoms with Gasteiger partial charge in [0, 0.05) is 13.5 Å². The smallest absolute Gasteiger partial charge is 0.261 e. The van der Waals surface area contributed by atoms with Gasteiger partial charge in [-0.05, 0) is 41.6 Å². The maximum atomic E-state index is 12.3. The number of benzene rings is 2. The topological polar surface area (TPSA) is 76.6 Å². The molecule has 0 bridgehead atoms. The minimum atomic E-state index is -2.60. The normalized spacial score (nSPS) is 20.5. The first-order valence-electron chi connectivity index (χ1n) is 13.9. The van der Waals surface area contributed by atoms with Crippen LogP contribution in [0.5, 0.6) is 0 Å². The molecule has 0 aliphatic carbocycles. The first-order chi connectivity index (χ1) is 18.6. The summed E-state index contributed by atoms with van der Waals surface area (Å²) in [6.45, 7) is 11.9. The Morgan fingerprint density at radius 3 is 2.17 bits per heavy atom. The zero-order valence-electron chi connectivity index (χ0n) is 24.9. The van der Waals surface area contributed by atoms with E-state index < -0.39 is 8.32 Å². The van der Waals surface area contributed by atoms with Gasteiger partial charge < -0.3 is 19.4 Å². The van der Waals surface area contributed by atoms with Crippen molar-refractivity contribution < 1.29 is 14.0 Å². The molecule has 0 spiro atoms. The lowest BCUT2D eigenvalue weighted by Gasteiger charge is -2.43. The van der Waals surface area contributed by atoms with Crippen molar-refractivity contribution in [1.29, 1.82) is 0 Å². The SMILES string of the molecule is Cc1nc(C[C@@H]2CO[C@H](CO[Si](c3ccccc3)(c3ccccc3)C(C)(C)C)C2)nc2c1NC(=O)[C@H](C)N2C.S.S. The molecular weight excluding hydrogens is 569 g/mol. The fourth-order valence-electron chi connectivity index (χ4n) is 5.97. The molecule has 1 aromatic heterocycles. The number of ether oxygens (including phenoxy) is 1. The number of carbonyl (C=O) groups excluding carboxylic acids is 1. The van der Waals surface area contributed by atoms with Gasteiger partial charge in [-0.3, -0.25) is 4.79 Å². The highest BCUT2D eigenvalue weighted by Crippen LogP contribution is 2.38. The van der Waals surface area contributed by atoms with Gasteiger partial charge in [-0.15, -0.1) is 0 Å². The van der Waals surface area contributed by atoms with E-state index >= 15 is 0 Å². The molecule has 1 fully saturated rings. The minimum absolute atomic E-state index is 0. The molecule has 3 atom stereocenters. The van der Waals surface area contributed by atoms with E-state index in [0.717, 1.165) is 30.2 Å². The molecule has 2 aromatic carbocycles. The molecule has 1 N–H and O–H groups in total. The molecule has 5 rings (SSSR count). The molecular formula is C31H44N4O3S2Si. The van der Waals surface area contributed by atoms with E-state index in [1.54, 1.807) is 0 Å². The van der Waals surface area contributed by atoms with Gasteiger partial charge in [0.1, 0.15) is 17.6 Å². The van der Waals surface area contributed by atoms with Crippen LogP contribution in [0.15, 0.2) is 60.7 Å². The lowest BCUT2D eigenvalue weighted by atomic mass is 10.0. The second-order valence-corrected chi connectivity index (χ2v) is 16.2. The molecule has 1 amide bonds. The van der Waals surface area contributed by atoms with Gasteiger partial charge in [0.25, 0.3) is 8.32 Å². The molecule has 2 aliphatic heterocycles. The summed E-state index contributed by atoms with van der Waals surface area (Å²) < 4.78 is 13.4. The largest absolute Gasteiger partial charge is 0.405 e. The molecule has 3 aromatic rings. The number of rotatable bonds is 7. The maximum Gasteiger partial charge on any atom is 0.261 e. The summed E-state index contributed by atoms with van der Waals surface area (Å²) in [7, 11) is -0.689. The first kappa shape index (κ1) is 33.1. The summed E-state index contributed by atoms with van der Waals surface area (Å²) in [5, 5.41) is 5.45. The second kappa shape index (κ2) is 13.3. The average Bonchev–Trinajstić information content (AvgIpc) is 3.36. The number of nitrogens with one attached hydrogen (secondary N) is 1. The van der Waals surface area contributed by atoms with Crippen LogP contribution in [0.2, 0.25) is 5.04 Å². The van der Waals surface area contributed by atoms with Crippen molar-refractivity contribution in [2.75, 3.05) is 30.5 Å². The second-order valence-electron chi connectivity index (χ2n) is 11.9. The maximum absolute atomic E-state index is 12.3. The number of hydrogen-bond acceptors (Lipinski definition) is 6. The lowest BCUT2D eigenvalue weighted by Crippen LogP contribution is -2.67. The summed E-state index contributed by atoms with van der Waals surface area (Å²) in [5.41, 5.74) is 1.51. The number of likely N-dealkylation sites (N-methyl/N-ethyl adjacent to an activating group) is 1. The van der Waals surface area contributed by atoms with E-state index in [1.165, 1.54) is 10.4 Å². The molecule has 10 heteroatoms. The number of nitrogens with zero attached hydrogens (tertiary/aromatic N) is 3. The molecule has 7 nitrogen and oxygen atoms in total. The van der Waals surface area contributed by atoms with Crippen LogP contribution in [0.4, 0.5) is 11.5 Å². The molecule has 222 valence electrons. The number of carbonyl (C=O) groups is 1. The third kappa shape index (κ3) is 6.51. The highest BCUT2D eigenvalue weighted by Gasteiger charge is 2.50. The summed E-state index contributed by atoms with van der Waals surface area (Å²) in [6.07, 6.45) is 1.66. The van der Waals surface area contributed by atoms with Gasteiger partial charge in [-0.1, -0.05) is 81.4 Å². The summed E-state index contributed by atoms with van der Waals surface area (Å²) in [6, 6.07) is 21.2. The van der Waals surface area contributed by atoms with Gasteiger partial charge in [0.05, 0.1) is 25.0 Å². The minimum Gasteiger partial charge on any atom is -0.405 e. The highest BCUT2D eigenvalue weighted by molar-refractivity contribution is 7.59. The molecule has 3 heterocycles. The first-order valence-corrected chi connectivity index (χ1v) is 15.8. The van der Waals surface area contributed by atoms with Crippen LogP contribution in [0.25, 0.3) is 0 Å². The van der Waals surface area contributed by atoms with Gasteiger partial charge in [0.15, 0.2) is 5.82 Å². The fourth-order valence-corrected chi connectivity index (χ4v) is 10.6.